The maximum atomic E-state index is 13.8. The SMILES string of the molecule is COc1ccc(C(=O)Nc2ccc(C#N)cc2Cl)c(F)c1. The third kappa shape index (κ3) is 3.30. The molecule has 0 aromatic heterocycles. The van der Waals surface area contributed by atoms with E-state index in [1.807, 2.05) is 6.07 Å². The van der Waals surface area contributed by atoms with Crippen LogP contribution in [0.15, 0.2) is 36.4 Å². The van der Waals surface area contributed by atoms with Gasteiger partial charge in [0.05, 0.1) is 35.0 Å². The minimum Gasteiger partial charge on any atom is -0.497 e. The Labute approximate surface area is 125 Å². The monoisotopic (exact) mass is 304 g/mol. The molecular formula is C15H10ClFN2O2. The summed E-state index contributed by atoms with van der Waals surface area (Å²) in [6, 6.07) is 10.3. The highest BCUT2D eigenvalue weighted by atomic mass is 35.5. The van der Waals surface area contributed by atoms with E-state index in [2.05, 4.69) is 5.32 Å². The van der Waals surface area contributed by atoms with Gasteiger partial charge in [-0.05, 0) is 30.3 Å². The van der Waals surface area contributed by atoms with Crippen molar-refractivity contribution in [1.29, 1.82) is 5.26 Å². The number of halogens is 2. The number of nitrogens with one attached hydrogen (secondary N) is 1. The fourth-order valence-electron chi connectivity index (χ4n) is 1.68. The van der Waals surface area contributed by atoms with Crippen molar-refractivity contribution < 1.29 is 13.9 Å². The van der Waals surface area contributed by atoms with Gasteiger partial charge in [0.15, 0.2) is 0 Å². The van der Waals surface area contributed by atoms with Crippen LogP contribution in [0.3, 0.4) is 0 Å². The van der Waals surface area contributed by atoms with Crippen molar-refractivity contribution in [3.8, 4) is 11.8 Å². The summed E-state index contributed by atoms with van der Waals surface area (Å²) in [7, 11) is 1.41. The van der Waals surface area contributed by atoms with Gasteiger partial charge in [0, 0.05) is 6.07 Å². The Morgan fingerprint density at radius 1 is 1.33 bits per heavy atom. The summed E-state index contributed by atoms with van der Waals surface area (Å²) in [5.41, 5.74) is 0.542. The van der Waals surface area contributed by atoms with Crippen molar-refractivity contribution in [3.63, 3.8) is 0 Å². The normalized spacial score (nSPS) is 9.81. The molecule has 4 nitrogen and oxygen atoms in total. The molecule has 106 valence electrons. The molecule has 0 heterocycles. The van der Waals surface area contributed by atoms with Crippen LogP contribution in [0, 0.1) is 17.1 Å². The number of amides is 1. The molecule has 21 heavy (non-hydrogen) atoms. The minimum absolute atomic E-state index is 0.128. The van der Waals surface area contributed by atoms with Gasteiger partial charge in [-0.3, -0.25) is 4.79 Å². The Morgan fingerprint density at radius 2 is 2.10 bits per heavy atom. The van der Waals surface area contributed by atoms with Gasteiger partial charge >= 0.3 is 0 Å². The van der Waals surface area contributed by atoms with E-state index in [4.69, 9.17) is 21.6 Å². The zero-order valence-corrected chi connectivity index (χ0v) is 11.7. The number of carbonyl (C=O) groups excluding carboxylic acids is 1. The first-order chi connectivity index (χ1) is 10.0. The van der Waals surface area contributed by atoms with E-state index in [1.54, 1.807) is 0 Å². The lowest BCUT2D eigenvalue weighted by molar-refractivity contribution is 0.102. The smallest absolute Gasteiger partial charge is 0.258 e. The van der Waals surface area contributed by atoms with Crippen LogP contribution < -0.4 is 10.1 Å². The Bertz CT molecular complexity index is 741. The molecule has 0 aliphatic carbocycles. The van der Waals surface area contributed by atoms with Crippen LogP contribution in [-0.4, -0.2) is 13.0 Å². The van der Waals surface area contributed by atoms with Crippen LogP contribution in [0.25, 0.3) is 0 Å². The Hall–Kier alpha value is -2.58. The molecule has 0 radical (unpaired) electrons. The number of nitrogens with zero attached hydrogens (tertiary/aromatic N) is 1. The second kappa shape index (κ2) is 6.25. The molecule has 2 aromatic rings. The Kier molecular flexibility index (Phi) is 4.41. The molecule has 0 saturated carbocycles. The standard InChI is InChI=1S/C15H10ClFN2O2/c1-21-10-3-4-11(13(17)7-10)15(20)19-14-5-2-9(8-18)6-12(14)16/h2-7H,1H3,(H,19,20). The Balaban J connectivity index is 2.24. The summed E-state index contributed by atoms with van der Waals surface area (Å²) in [5.74, 6) is -1.01. The van der Waals surface area contributed by atoms with Gasteiger partial charge in [0.25, 0.3) is 5.91 Å². The minimum atomic E-state index is -0.698. The van der Waals surface area contributed by atoms with Gasteiger partial charge in [-0.15, -0.1) is 0 Å². The first-order valence-corrected chi connectivity index (χ1v) is 6.27. The van der Waals surface area contributed by atoms with Crippen LogP contribution in [0.2, 0.25) is 5.02 Å². The topological polar surface area (TPSA) is 62.1 Å². The van der Waals surface area contributed by atoms with Gasteiger partial charge in [-0.25, -0.2) is 4.39 Å². The zero-order chi connectivity index (χ0) is 15.4. The molecular weight excluding hydrogens is 295 g/mol. The highest BCUT2D eigenvalue weighted by molar-refractivity contribution is 6.34. The summed E-state index contributed by atoms with van der Waals surface area (Å²) < 4.78 is 18.7. The van der Waals surface area contributed by atoms with Crippen molar-refractivity contribution in [3.05, 3.63) is 58.4 Å². The Morgan fingerprint density at radius 3 is 2.67 bits per heavy atom. The molecule has 0 aliphatic rings. The highest BCUT2D eigenvalue weighted by Gasteiger charge is 2.14. The van der Waals surface area contributed by atoms with E-state index in [1.165, 1.54) is 37.4 Å². The molecule has 0 unspecified atom stereocenters. The van der Waals surface area contributed by atoms with Gasteiger partial charge in [0.2, 0.25) is 0 Å². The number of benzene rings is 2. The van der Waals surface area contributed by atoms with E-state index in [-0.39, 0.29) is 10.6 Å². The number of rotatable bonds is 3. The first kappa shape index (κ1) is 14.8. The van der Waals surface area contributed by atoms with Crippen molar-refractivity contribution in [2.45, 2.75) is 0 Å². The lowest BCUT2D eigenvalue weighted by Crippen LogP contribution is -2.14. The third-order valence-electron chi connectivity index (χ3n) is 2.77. The number of ether oxygens (including phenoxy) is 1. The molecule has 0 atom stereocenters. The fraction of sp³-hybridized carbons (Fsp3) is 0.0667. The van der Waals surface area contributed by atoms with Gasteiger partial charge < -0.3 is 10.1 Å². The number of hydrogen-bond acceptors (Lipinski definition) is 3. The average molecular weight is 305 g/mol. The number of anilines is 1. The molecule has 0 saturated heterocycles. The van der Waals surface area contributed by atoms with Crippen LogP contribution in [0.5, 0.6) is 5.75 Å². The predicted octanol–water partition coefficient (Wildman–Crippen LogP) is 3.61. The molecule has 1 N–H and O–H groups in total. The van der Waals surface area contributed by atoms with Crippen LogP contribution in [0.4, 0.5) is 10.1 Å². The van der Waals surface area contributed by atoms with Crippen molar-refractivity contribution in [2.75, 3.05) is 12.4 Å². The van der Waals surface area contributed by atoms with Crippen LogP contribution in [0.1, 0.15) is 15.9 Å². The molecule has 6 heteroatoms. The lowest BCUT2D eigenvalue weighted by Gasteiger charge is -2.09. The van der Waals surface area contributed by atoms with Crippen molar-refractivity contribution in [1.82, 2.24) is 0 Å². The molecule has 2 aromatic carbocycles. The summed E-state index contributed by atoms with van der Waals surface area (Å²) in [6.45, 7) is 0. The third-order valence-corrected chi connectivity index (χ3v) is 3.08. The van der Waals surface area contributed by atoms with Crippen LogP contribution in [-0.2, 0) is 0 Å². The van der Waals surface area contributed by atoms with Gasteiger partial charge in [-0.1, -0.05) is 11.6 Å². The predicted molar refractivity (Wildman–Crippen MR) is 77.1 cm³/mol. The number of carbonyl (C=O) groups is 1. The largest absolute Gasteiger partial charge is 0.497 e. The second-order valence-electron chi connectivity index (χ2n) is 4.11. The van der Waals surface area contributed by atoms with Gasteiger partial charge in [-0.2, -0.15) is 5.26 Å². The molecule has 1 amide bonds. The van der Waals surface area contributed by atoms with Gasteiger partial charge in [0.1, 0.15) is 11.6 Å². The van der Waals surface area contributed by atoms with E-state index < -0.39 is 11.7 Å². The second-order valence-corrected chi connectivity index (χ2v) is 4.51. The highest BCUT2D eigenvalue weighted by Crippen LogP contribution is 2.24. The maximum absolute atomic E-state index is 13.8. The summed E-state index contributed by atoms with van der Waals surface area (Å²) in [6.07, 6.45) is 0. The van der Waals surface area contributed by atoms with E-state index in [9.17, 15) is 9.18 Å². The zero-order valence-electron chi connectivity index (χ0n) is 11.0. The fourth-order valence-corrected chi connectivity index (χ4v) is 1.91. The molecule has 0 aliphatic heterocycles. The molecule has 0 spiro atoms. The quantitative estimate of drug-likeness (QED) is 0.942. The lowest BCUT2D eigenvalue weighted by atomic mass is 10.1. The van der Waals surface area contributed by atoms with Crippen molar-refractivity contribution >= 4 is 23.2 Å². The van der Waals surface area contributed by atoms with E-state index >= 15 is 0 Å². The van der Waals surface area contributed by atoms with E-state index in [0.29, 0.717) is 17.0 Å². The summed E-state index contributed by atoms with van der Waals surface area (Å²) in [5, 5.41) is 11.4. The summed E-state index contributed by atoms with van der Waals surface area (Å²) in [4.78, 5) is 12.0. The number of methoxy groups -OCH3 is 1. The molecule has 0 fully saturated rings. The van der Waals surface area contributed by atoms with Crippen LogP contribution >= 0.6 is 11.6 Å². The van der Waals surface area contributed by atoms with Crippen molar-refractivity contribution in [2.24, 2.45) is 0 Å². The average Bonchev–Trinajstić information content (AvgIpc) is 2.48. The molecule has 2 rings (SSSR count). The number of hydrogen-bond donors (Lipinski definition) is 1. The van der Waals surface area contributed by atoms with E-state index in [0.717, 1.165) is 6.07 Å². The summed E-state index contributed by atoms with van der Waals surface area (Å²) >= 11 is 5.95. The molecule has 0 bridgehead atoms. The first-order valence-electron chi connectivity index (χ1n) is 5.89. The maximum Gasteiger partial charge on any atom is 0.258 e. The number of nitriles is 1.